The SMILES string of the molecule is CC(C)CCNC(=O)C=CC=CCCCc1ccc2c(c1)OCO2. The molecule has 0 aliphatic carbocycles. The molecule has 2 rings (SSSR count). The van der Waals surface area contributed by atoms with E-state index >= 15 is 0 Å². The van der Waals surface area contributed by atoms with E-state index in [-0.39, 0.29) is 5.91 Å². The number of amides is 1. The van der Waals surface area contributed by atoms with Gasteiger partial charge in [0, 0.05) is 12.6 Å². The lowest BCUT2D eigenvalue weighted by Gasteiger charge is -2.04. The van der Waals surface area contributed by atoms with Crippen LogP contribution in [-0.4, -0.2) is 19.2 Å². The van der Waals surface area contributed by atoms with Crippen LogP contribution in [0.15, 0.2) is 42.5 Å². The molecule has 24 heavy (non-hydrogen) atoms. The zero-order chi connectivity index (χ0) is 17.2. The Bertz CT molecular complexity index is 591. The standard InChI is InChI=1S/C20H27NO3/c1-16(2)12-13-21-20(22)9-7-5-3-4-6-8-17-10-11-18-19(14-17)24-15-23-18/h3,5,7,9-11,14,16H,4,6,8,12-13,15H2,1-2H3,(H,21,22). The van der Waals surface area contributed by atoms with Crippen molar-refractivity contribution in [3.8, 4) is 11.5 Å². The van der Waals surface area contributed by atoms with E-state index in [4.69, 9.17) is 9.47 Å². The molecule has 0 aromatic heterocycles. The number of carbonyl (C=O) groups is 1. The van der Waals surface area contributed by atoms with Gasteiger partial charge in [0.15, 0.2) is 11.5 Å². The zero-order valence-corrected chi connectivity index (χ0v) is 14.6. The van der Waals surface area contributed by atoms with E-state index in [0.717, 1.165) is 43.7 Å². The minimum atomic E-state index is -0.0272. The van der Waals surface area contributed by atoms with Crippen molar-refractivity contribution in [2.75, 3.05) is 13.3 Å². The number of aryl methyl sites for hydroxylation is 1. The second-order valence-electron chi connectivity index (χ2n) is 6.34. The Labute approximate surface area is 144 Å². The number of rotatable bonds is 9. The molecule has 4 nitrogen and oxygen atoms in total. The summed E-state index contributed by atoms with van der Waals surface area (Å²) in [4.78, 5) is 11.5. The maximum absolute atomic E-state index is 11.5. The third-order valence-corrected chi connectivity index (χ3v) is 3.79. The van der Waals surface area contributed by atoms with Crippen molar-refractivity contribution >= 4 is 5.91 Å². The minimum absolute atomic E-state index is 0.0272. The molecule has 1 aromatic rings. The predicted molar refractivity (Wildman–Crippen MR) is 96.2 cm³/mol. The number of nitrogens with one attached hydrogen (secondary N) is 1. The Morgan fingerprint density at radius 2 is 2.08 bits per heavy atom. The summed E-state index contributed by atoms with van der Waals surface area (Å²) in [7, 11) is 0. The van der Waals surface area contributed by atoms with Crippen molar-refractivity contribution in [1.29, 1.82) is 0 Å². The van der Waals surface area contributed by atoms with E-state index < -0.39 is 0 Å². The first kappa shape index (κ1) is 18.1. The highest BCUT2D eigenvalue weighted by Crippen LogP contribution is 2.32. The van der Waals surface area contributed by atoms with E-state index in [0.29, 0.717) is 12.7 Å². The van der Waals surface area contributed by atoms with Crippen molar-refractivity contribution in [2.45, 2.75) is 39.5 Å². The molecular formula is C20H27NO3. The van der Waals surface area contributed by atoms with Crippen LogP contribution >= 0.6 is 0 Å². The van der Waals surface area contributed by atoms with Crippen LogP contribution in [0.5, 0.6) is 11.5 Å². The summed E-state index contributed by atoms with van der Waals surface area (Å²) in [6, 6.07) is 6.10. The number of hydrogen-bond donors (Lipinski definition) is 1. The summed E-state index contributed by atoms with van der Waals surface area (Å²) in [5, 5.41) is 2.88. The fourth-order valence-electron chi connectivity index (χ4n) is 2.38. The van der Waals surface area contributed by atoms with Crippen LogP contribution in [-0.2, 0) is 11.2 Å². The number of carbonyl (C=O) groups excluding carboxylic acids is 1. The van der Waals surface area contributed by atoms with Crippen LogP contribution in [0, 0.1) is 5.92 Å². The lowest BCUT2D eigenvalue weighted by molar-refractivity contribution is -0.116. The van der Waals surface area contributed by atoms with Gasteiger partial charge in [-0.05, 0) is 49.3 Å². The van der Waals surface area contributed by atoms with Crippen LogP contribution in [0.25, 0.3) is 0 Å². The van der Waals surface area contributed by atoms with Crippen LogP contribution < -0.4 is 14.8 Å². The molecule has 1 amide bonds. The summed E-state index contributed by atoms with van der Waals surface area (Å²) in [5.74, 6) is 2.25. The van der Waals surface area contributed by atoms with Gasteiger partial charge in [-0.3, -0.25) is 4.79 Å². The van der Waals surface area contributed by atoms with Gasteiger partial charge in [0.2, 0.25) is 12.7 Å². The number of ether oxygens (including phenoxy) is 2. The number of unbranched alkanes of at least 4 members (excludes halogenated alkanes) is 1. The molecule has 0 unspecified atom stereocenters. The zero-order valence-electron chi connectivity index (χ0n) is 14.6. The number of benzene rings is 1. The first-order chi connectivity index (χ1) is 11.6. The van der Waals surface area contributed by atoms with E-state index in [2.05, 4.69) is 31.3 Å². The molecule has 0 saturated heterocycles. The Morgan fingerprint density at radius 3 is 2.92 bits per heavy atom. The molecule has 1 N–H and O–H groups in total. The Kier molecular flexibility index (Phi) is 7.40. The minimum Gasteiger partial charge on any atom is -0.454 e. The summed E-state index contributed by atoms with van der Waals surface area (Å²) in [6.45, 7) is 5.35. The second-order valence-corrected chi connectivity index (χ2v) is 6.34. The average molecular weight is 329 g/mol. The van der Waals surface area contributed by atoms with Gasteiger partial charge < -0.3 is 14.8 Å². The van der Waals surface area contributed by atoms with Crippen LogP contribution in [0.1, 0.15) is 38.7 Å². The first-order valence-electron chi connectivity index (χ1n) is 8.64. The number of fused-ring (bicyclic) bond motifs is 1. The fourth-order valence-corrected chi connectivity index (χ4v) is 2.38. The van der Waals surface area contributed by atoms with Gasteiger partial charge in [0.1, 0.15) is 0 Å². The monoisotopic (exact) mass is 329 g/mol. The highest BCUT2D eigenvalue weighted by molar-refractivity contribution is 5.87. The Balaban J connectivity index is 1.59. The van der Waals surface area contributed by atoms with Gasteiger partial charge in [-0.15, -0.1) is 0 Å². The molecule has 4 heteroatoms. The molecule has 0 bridgehead atoms. The van der Waals surface area contributed by atoms with Crippen molar-refractivity contribution < 1.29 is 14.3 Å². The lowest BCUT2D eigenvalue weighted by Crippen LogP contribution is -2.23. The third kappa shape index (κ3) is 6.49. The molecule has 130 valence electrons. The smallest absolute Gasteiger partial charge is 0.243 e. The molecule has 0 spiro atoms. The van der Waals surface area contributed by atoms with Crippen molar-refractivity contribution in [2.24, 2.45) is 5.92 Å². The largest absolute Gasteiger partial charge is 0.454 e. The summed E-state index contributed by atoms with van der Waals surface area (Å²) < 4.78 is 10.7. The molecule has 0 radical (unpaired) electrons. The number of allylic oxidation sites excluding steroid dienone is 3. The third-order valence-electron chi connectivity index (χ3n) is 3.79. The van der Waals surface area contributed by atoms with Gasteiger partial charge in [-0.1, -0.05) is 38.1 Å². The highest BCUT2D eigenvalue weighted by Gasteiger charge is 2.12. The van der Waals surface area contributed by atoms with E-state index in [1.54, 1.807) is 12.2 Å². The highest BCUT2D eigenvalue weighted by atomic mass is 16.7. The fraction of sp³-hybridized carbons (Fsp3) is 0.450. The Hall–Kier alpha value is -2.23. The molecule has 1 heterocycles. The molecule has 0 saturated carbocycles. The quantitative estimate of drug-likeness (QED) is 0.423. The molecule has 1 aliphatic rings. The Morgan fingerprint density at radius 1 is 1.25 bits per heavy atom. The van der Waals surface area contributed by atoms with Crippen LogP contribution in [0.3, 0.4) is 0 Å². The topological polar surface area (TPSA) is 47.6 Å². The van der Waals surface area contributed by atoms with Crippen molar-refractivity contribution in [3.05, 3.63) is 48.1 Å². The summed E-state index contributed by atoms with van der Waals surface area (Å²) >= 11 is 0. The van der Waals surface area contributed by atoms with Crippen molar-refractivity contribution in [1.82, 2.24) is 5.32 Å². The second kappa shape index (κ2) is 9.81. The first-order valence-corrected chi connectivity index (χ1v) is 8.64. The maximum atomic E-state index is 11.5. The molecular weight excluding hydrogens is 302 g/mol. The maximum Gasteiger partial charge on any atom is 0.243 e. The van der Waals surface area contributed by atoms with Gasteiger partial charge in [-0.25, -0.2) is 0 Å². The normalized spacial score (nSPS) is 13.3. The van der Waals surface area contributed by atoms with Crippen molar-refractivity contribution in [3.63, 3.8) is 0 Å². The average Bonchev–Trinajstić information content (AvgIpc) is 3.01. The van der Waals surface area contributed by atoms with Gasteiger partial charge in [-0.2, -0.15) is 0 Å². The van der Waals surface area contributed by atoms with E-state index in [9.17, 15) is 4.79 Å². The molecule has 0 fully saturated rings. The van der Waals surface area contributed by atoms with E-state index in [1.165, 1.54) is 5.56 Å². The van der Waals surface area contributed by atoms with Gasteiger partial charge >= 0.3 is 0 Å². The molecule has 1 aliphatic heterocycles. The van der Waals surface area contributed by atoms with Gasteiger partial charge in [0.05, 0.1) is 0 Å². The van der Waals surface area contributed by atoms with Crippen LogP contribution in [0.4, 0.5) is 0 Å². The summed E-state index contributed by atoms with van der Waals surface area (Å²) in [5.41, 5.74) is 1.26. The van der Waals surface area contributed by atoms with Crippen LogP contribution in [0.2, 0.25) is 0 Å². The molecule has 1 aromatic carbocycles. The molecule has 0 atom stereocenters. The number of hydrogen-bond acceptors (Lipinski definition) is 3. The van der Waals surface area contributed by atoms with Gasteiger partial charge in [0.25, 0.3) is 0 Å². The van der Waals surface area contributed by atoms with E-state index in [1.807, 2.05) is 18.2 Å². The lowest BCUT2D eigenvalue weighted by atomic mass is 10.1. The summed E-state index contributed by atoms with van der Waals surface area (Å²) in [6.07, 6.45) is 11.4. The predicted octanol–water partition coefficient (Wildman–Crippen LogP) is 4.01.